The molecule has 1 aromatic heterocycles. The van der Waals surface area contributed by atoms with Crippen molar-refractivity contribution in [2.24, 2.45) is 0 Å². The second kappa shape index (κ2) is 6.34. The van der Waals surface area contributed by atoms with E-state index in [1.54, 1.807) is 18.2 Å². The van der Waals surface area contributed by atoms with Gasteiger partial charge in [-0.2, -0.15) is 0 Å². The Bertz CT molecular complexity index is 843. The summed E-state index contributed by atoms with van der Waals surface area (Å²) in [4.78, 5) is 12.7. The first-order valence-electron chi connectivity index (χ1n) is 6.25. The molecule has 2 N–H and O–H groups in total. The maximum absolute atomic E-state index is 12.3. The molecule has 0 aliphatic heterocycles. The number of fused-ring (bicyclic) bond motifs is 1. The molecule has 112 valence electrons. The minimum Gasteiger partial charge on any atom is -0.295 e. The minimum absolute atomic E-state index is 0.345. The van der Waals surface area contributed by atoms with E-state index in [0.717, 1.165) is 10.1 Å². The minimum atomic E-state index is -0.345. The number of halogens is 3. The molecule has 0 spiro atoms. The molecule has 1 amide bonds. The number of para-hydroxylation sites is 1. The summed E-state index contributed by atoms with van der Waals surface area (Å²) in [6.07, 6.45) is 0. The van der Waals surface area contributed by atoms with Crippen LogP contribution in [0.15, 0.2) is 42.5 Å². The molecular formula is C15H9Cl3N2OS. The molecule has 2 aromatic carbocycles. The molecule has 0 bridgehead atoms. The Kier molecular flexibility index (Phi) is 4.45. The van der Waals surface area contributed by atoms with Gasteiger partial charge < -0.3 is 0 Å². The molecule has 0 aliphatic rings. The Morgan fingerprint density at radius 1 is 0.955 bits per heavy atom. The summed E-state index contributed by atoms with van der Waals surface area (Å²) in [5.41, 5.74) is 5.74. The van der Waals surface area contributed by atoms with Crippen molar-refractivity contribution in [1.82, 2.24) is 5.43 Å². The fourth-order valence-electron chi connectivity index (χ4n) is 1.95. The fraction of sp³-hybridized carbons (Fsp3) is 0. The van der Waals surface area contributed by atoms with Gasteiger partial charge in [0.25, 0.3) is 5.91 Å². The maximum Gasteiger partial charge on any atom is 0.281 e. The number of anilines is 1. The molecule has 3 nitrogen and oxygen atoms in total. The first kappa shape index (κ1) is 15.4. The first-order valence-corrected chi connectivity index (χ1v) is 8.20. The van der Waals surface area contributed by atoms with E-state index >= 15 is 0 Å². The lowest BCUT2D eigenvalue weighted by Crippen LogP contribution is -2.29. The van der Waals surface area contributed by atoms with E-state index in [2.05, 4.69) is 10.9 Å². The summed E-state index contributed by atoms with van der Waals surface area (Å²) in [6, 6.07) is 12.6. The summed E-state index contributed by atoms with van der Waals surface area (Å²) in [5.74, 6) is -0.345. The van der Waals surface area contributed by atoms with Crippen molar-refractivity contribution in [3.63, 3.8) is 0 Å². The number of carbonyl (C=O) groups excluding carboxylic acids is 1. The van der Waals surface area contributed by atoms with Crippen molar-refractivity contribution < 1.29 is 4.79 Å². The van der Waals surface area contributed by atoms with E-state index in [9.17, 15) is 4.79 Å². The quantitative estimate of drug-likeness (QED) is 0.587. The Morgan fingerprint density at radius 3 is 2.32 bits per heavy atom. The summed E-state index contributed by atoms with van der Waals surface area (Å²) < 4.78 is 0.952. The highest BCUT2D eigenvalue weighted by Crippen LogP contribution is 2.35. The van der Waals surface area contributed by atoms with E-state index in [4.69, 9.17) is 34.8 Å². The molecular weight excluding hydrogens is 363 g/mol. The third-order valence-corrected chi connectivity index (χ3v) is 5.31. The number of benzene rings is 2. The van der Waals surface area contributed by atoms with Crippen molar-refractivity contribution in [2.45, 2.75) is 0 Å². The summed E-state index contributed by atoms with van der Waals surface area (Å²) in [5, 5.41) is 2.12. The fourth-order valence-corrected chi connectivity index (χ4v) is 3.86. The van der Waals surface area contributed by atoms with Crippen LogP contribution in [0.1, 0.15) is 9.67 Å². The Balaban J connectivity index is 1.83. The lowest BCUT2D eigenvalue weighted by Gasteiger charge is -2.10. The molecule has 0 fully saturated rings. The summed E-state index contributed by atoms with van der Waals surface area (Å²) in [7, 11) is 0. The van der Waals surface area contributed by atoms with E-state index in [1.807, 2.05) is 24.3 Å². The van der Waals surface area contributed by atoms with Crippen LogP contribution in [0.4, 0.5) is 5.69 Å². The Hall–Kier alpha value is -1.46. The van der Waals surface area contributed by atoms with Crippen LogP contribution < -0.4 is 10.9 Å². The zero-order valence-electron chi connectivity index (χ0n) is 11.0. The van der Waals surface area contributed by atoms with E-state index in [-0.39, 0.29) is 5.91 Å². The number of nitrogens with one attached hydrogen (secondary N) is 2. The number of hydrazine groups is 1. The predicted octanol–water partition coefficient (Wildman–Crippen LogP) is 5.62. The average molecular weight is 372 g/mol. The van der Waals surface area contributed by atoms with Gasteiger partial charge in [-0.1, -0.05) is 59.1 Å². The molecule has 22 heavy (non-hydrogen) atoms. The predicted molar refractivity (Wildman–Crippen MR) is 94.4 cm³/mol. The monoisotopic (exact) mass is 370 g/mol. The van der Waals surface area contributed by atoms with Crippen molar-refractivity contribution in [3.05, 3.63) is 62.4 Å². The Morgan fingerprint density at radius 2 is 1.64 bits per heavy atom. The van der Waals surface area contributed by atoms with Crippen molar-refractivity contribution in [2.75, 3.05) is 5.43 Å². The zero-order chi connectivity index (χ0) is 15.7. The van der Waals surface area contributed by atoms with Gasteiger partial charge >= 0.3 is 0 Å². The second-order valence-corrected chi connectivity index (χ2v) is 6.66. The smallest absolute Gasteiger partial charge is 0.281 e. The van der Waals surface area contributed by atoms with Crippen LogP contribution in [-0.2, 0) is 0 Å². The summed E-state index contributed by atoms with van der Waals surface area (Å²) >= 11 is 19.7. The van der Waals surface area contributed by atoms with Gasteiger partial charge in [-0.15, -0.1) is 11.3 Å². The molecule has 7 heteroatoms. The van der Waals surface area contributed by atoms with Crippen LogP contribution in [-0.4, -0.2) is 5.91 Å². The number of amides is 1. The number of hydrogen-bond acceptors (Lipinski definition) is 3. The topological polar surface area (TPSA) is 41.1 Å². The number of carbonyl (C=O) groups is 1. The van der Waals surface area contributed by atoms with E-state index in [0.29, 0.717) is 25.6 Å². The third kappa shape index (κ3) is 2.88. The van der Waals surface area contributed by atoms with Gasteiger partial charge in [0.05, 0.1) is 20.8 Å². The molecule has 0 aliphatic carbocycles. The third-order valence-electron chi connectivity index (χ3n) is 3.00. The molecule has 0 unspecified atom stereocenters. The molecule has 0 saturated carbocycles. The molecule has 0 saturated heterocycles. The van der Waals surface area contributed by atoms with Crippen LogP contribution in [0, 0.1) is 0 Å². The second-order valence-electron chi connectivity index (χ2n) is 4.42. The van der Waals surface area contributed by atoms with Crippen LogP contribution in [0.2, 0.25) is 15.1 Å². The normalized spacial score (nSPS) is 10.7. The van der Waals surface area contributed by atoms with Crippen LogP contribution in [0.5, 0.6) is 0 Å². The highest BCUT2D eigenvalue weighted by atomic mass is 35.5. The van der Waals surface area contributed by atoms with E-state index in [1.165, 1.54) is 11.3 Å². The summed E-state index contributed by atoms with van der Waals surface area (Å²) in [6.45, 7) is 0. The van der Waals surface area contributed by atoms with Gasteiger partial charge in [0.1, 0.15) is 4.88 Å². The molecule has 0 radical (unpaired) electrons. The van der Waals surface area contributed by atoms with Gasteiger partial charge in [-0.3, -0.25) is 15.6 Å². The zero-order valence-corrected chi connectivity index (χ0v) is 14.1. The lowest BCUT2D eigenvalue weighted by molar-refractivity contribution is 0.0967. The van der Waals surface area contributed by atoms with Crippen LogP contribution >= 0.6 is 46.1 Å². The SMILES string of the molecule is O=C(NNc1c(Cl)cccc1Cl)c1sc2ccccc2c1Cl. The average Bonchev–Trinajstić information content (AvgIpc) is 2.84. The standard InChI is InChI=1S/C15H9Cl3N2OS/c16-9-5-3-6-10(17)13(9)19-20-15(21)14-12(18)8-4-1-2-7-11(8)22-14/h1-7,19H,(H,20,21). The number of hydrogen-bond donors (Lipinski definition) is 2. The Labute approximate surface area is 145 Å². The van der Waals surface area contributed by atoms with Crippen molar-refractivity contribution >= 4 is 67.8 Å². The van der Waals surface area contributed by atoms with Crippen LogP contribution in [0.3, 0.4) is 0 Å². The van der Waals surface area contributed by atoms with Gasteiger partial charge in [0.15, 0.2) is 0 Å². The molecule has 1 heterocycles. The number of thiophene rings is 1. The van der Waals surface area contributed by atoms with Gasteiger partial charge in [-0.25, -0.2) is 0 Å². The molecule has 3 aromatic rings. The van der Waals surface area contributed by atoms with E-state index < -0.39 is 0 Å². The van der Waals surface area contributed by atoms with Gasteiger partial charge in [0.2, 0.25) is 0 Å². The van der Waals surface area contributed by atoms with Crippen molar-refractivity contribution in [1.29, 1.82) is 0 Å². The van der Waals surface area contributed by atoms with Gasteiger partial charge in [0, 0.05) is 10.1 Å². The largest absolute Gasteiger partial charge is 0.295 e. The van der Waals surface area contributed by atoms with Crippen LogP contribution in [0.25, 0.3) is 10.1 Å². The lowest BCUT2D eigenvalue weighted by atomic mass is 10.2. The van der Waals surface area contributed by atoms with Gasteiger partial charge in [-0.05, 0) is 18.2 Å². The first-order chi connectivity index (χ1) is 10.6. The maximum atomic E-state index is 12.3. The van der Waals surface area contributed by atoms with Crippen molar-refractivity contribution in [3.8, 4) is 0 Å². The molecule has 0 atom stereocenters. The number of rotatable bonds is 3. The highest BCUT2D eigenvalue weighted by molar-refractivity contribution is 7.21. The highest BCUT2D eigenvalue weighted by Gasteiger charge is 2.17. The molecule has 3 rings (SSSR count).